The number of amides is 2. The number of rotatable bonds is 5. The van der Waals surface area contributed by atoms with Crippen LogP contribution in [0.4, 0.5) is 0 Å². The molecule has 122 valence electrons. The average Bonchev–Trinajstić information content (AvgIpc) is 2.89. The van der Waals surface area contributed by atoms with Gasteiger partial charge in [0.15, 0.2) is 0 Å². The SMILES string of the molecule is CCCCc1ccc(C(=O)NNC(=O)c2cc(C)oc2C)cc1. The third-order valence-electron chi connectivity index (χ3n) is 3.61. The van der Waals surface area contributed by atoms with Gasteiger partial charge in [-0.25, -0.2) is 0 Å². The van der Waals surface area contributed by atoms with Crippen LogP contribution in [0, 0.1) is 13.8 Å². The lowest BCUT2D eigenvalue weighted by molar-refractivity contribution is 0.0845. The molecule has 0 aliphatic carbocycles. The van der Waals surface area contributed by atoms with Crippen molar-refractivity contribution in [1.82, 2.24) is 10.9 Å². The predicted octanol–water partition coefficient (Wildman–Crippen LogP) is 3.31. The molecule has 0 saturated carbocycles. The lowest BCUT2D eigenvalue weighted by Gasteiger charge is -2.07. The molecular formula is C18H22N2O3. The number of aryl methyl sites for hydroxylation is 3. The Morgan fingerprint density at radius 2 is 1.70 bits per heavy atom. The third kappa shape index (κ3) is 4.45. The monoisotopic (exact) mass is 314 g/mol. The van der Waals surface area contributed by atoms with Gasteiger partial charge in [-0.15, -0.1) is 0 Å². The van der Waals surface area contributed by atoms with E-state index < -0.39 is 5.91 Å². The van der Waals surface area contributed by atoms with Crippen LogP contribution < -0.4 is 10.9 Å². The van der Waals surface area contributed by atoms with Gasteiger partial charge in [-0.3, -0.25) is 20.4 Å². The zero-order valence-electron chi connectivity index (χ0n) is 13.7. The Bertz CT molecular complexity index is 687. The third-order valence-corrected chi connectivity index (χ3v) is 3.61. The summed E-state index contributed by atoms with van der Waals surface area (Å²) in [5.74, 6) is 0.432. The van der Waals surface area contributed by atoms with Gasteiger partial charge in [0.05, 0.1) is 5.56 Å². The lowest BCUT2D eigenvalue weighted by Crippen LogP contribution is -2.41. The molecule has 1 heterocycles. The fourth-order valence-electron chi connectivity index (χ4n) is 2.31. The summed E-state index contributed by atoms with van der Waals surface area (Å²) in [7, 11) is 0. The molecule has 2 rings (SSSR count). The van der Waals surface area contributed by atoms with Crippen molar-refractivity contribution < 1.29 is 14.0 Å². The Balaban J connectivity index is 1.91. The summed E-state index contributed by atoms with van der Waals surface area (Å²) in [6.07, 6.45) is 3.28. The summed E-state index contributed by atoms with van der Waals surface area (Å²) < 4.78 is 5.30. The van der Waals surface area contributed by atoms with Gasteiger partial charge in [0.2, 0.25) is 0 Å². The van der Waals surface area contributed by atoms with E-state index in [0.717, 1.165) is 19.3 Å². The van der Waals surface area contributed by atoms with E-state index in [1.165, 1.54) is 5.56 Å². The first-order valence-electron chi connectivity index (χ1n) is 7.78. The summed E-state index contributed by atoms with van der Waals surface area (Å²) >= 11 is 0. The van der Waals surface area contributed by atoms with Crippen LogP contribution in [0.5, 0.6) is 0 Å². The fraction of sp³-hybridized carbons (Fsp3) is 0.333. The second-order valence-electron chi connectivity index (χ2n) is 5.54. The number of nitrogens with one attached hydrogen (secondary N) is 2. The number of carbonyl (C=O) groups is 2. The molecule has 1 aromatic heterocycles. The Morgan fingerprint density at radius 3 is 2.26 bits per heavy atom. The van der Waals surface area contributed by atoms with E-state index in [1.807, 2.05) is 12.1 Å². The molecule has 0 aliphatic heterocycles. The maximum Gasteiger partial charge on any atom is 0.273 e. The van der Waals surface area contributed by atoms with E-state index in [-0.39, 0.29) is 5.91 Å². The number of unbranched alkanes of at least 4 members (excludes halogenated alkanes) is 1. The summed E-state index contributed by atoms with van der Waals surface area (Å²) in [5.41, 5.74) is 6.94. The molecule has 0 bridgehead atoms. The van der Waals surface area contributed by atoms with Crippen molar-refractivity contribution in [1.29, 1.82) is 0 Å². The fourth-order valence-corrected chi connectivity index (χ4v) is 2.31. The Labute approximate surface area is 136 Å². The van der Waals surface area contributed by atoms with Gasteiger partial charge in [0.1, 0.15) is 11.5 Å². The Hall–Kier alpha value is -2.56. The maximum absolute atomic E-state index is 12.0. The van der Waals surface area contributed by atoms with Crippen LogP contribution >= 0.6 is 0 Å². The maximum atomic E-state index is 12.0. The van der Waals surface area contributed by atoms with E-state index in [9.17, 15) is 9.59 Å². The van der Waals surface area contributed by atoms with E-state index in [1.54, 1.807) is 32.0 Å². The molecule has 0 unspecified atom stereocenters. The van der Waals surface area contributed by atoms with Gasteiger partial charge < -0.3 is 4.42 Å². The van der Waals surface area contributed by atoms with Crippen LogP contribution in [0.2, 0.25) is 0 Å². The predicted molar refractivity (Wildman–Crippen MR) is 88.2 cm³/mol. The normalized spacial score (nSPS) is 10.4. The summed E-state index contributed by atoms with van der Waals surface area (Å²) in [4.78, 5) is 24.0. The first-order valence-corrected chi connectivity index (χ1v) is 7.78. The van der Waals surface area contributed by atoms with Crippen LogP contribution in [0.3, 0.4) is 0 Å². The molecule has 2 aromatic rings. The van der Waals surface area contributed by atoms with Crippen LogP contribution in [-0.2, 0) is 6.42 Å². The molecule has 0 saturated heterocycles. The number of hydrogen-bond acceptors (Lipinski definition) is 3. The van der Waals surface area contributed by atoms with Crippen LogP contribution in [-0.4, -0.2) is 11.8 Å². The van der Waals surface area contributed by atoms with E-state index in [4.69, 9.17) is 4.42 Å². The average molecular weight is 314 g/mol. The van der Waals surface area contributed by atoms with Gasteiger partial charge in [-0.2, -0.15) is 0 Å². The van der Waals surface area contributed by atoms with Gasteiger partial charge in [-0.1, -0.05) is 25.5 Å². The minimum absolute atomic E-state index is 0.349. The number of furan rings is 1. The molecule has 5 nitrogen and oxygen atoms in total. The topological polar surface area (TPSA) is 71.3 Å². The van der Waals surface area contributed by atoms with Crippen molar-refractivity contribution in [3.05, 3.63) is 58.5 Å². The van der Waals surface area contributed by atoms with Gasteiger partial charge in [0, 0.05) is 5.56 Å². The molecule has 0 atom stereocenters. The summed E-state index contributed by atoms with van der Waals surface area (Å²) in [6.45, 7) is 5.62. The quantitative estimate of drug-likeness (QED) is 0.832. The van der Waals surface area contributed by atoms with Crippen molar-refractivity contribution >= 4 is 11.8 Å². The minimum atomic E-state index is -0.396. The molecule has 23 heavy (non-hydrogen) atoms. The molecule has 5 heteroatoms. The molecule has 2 N–H and O–H groups in total. The van der Waals surface area contributed by atoms with Crippen LogP contribution in [0.1, 0.15) is 57.6 Å². The Kier molecular flexibility index (Phi) is 5.57. The molecule has 0 fully saturated rings. The minimum Gasteiger partial charge on any atom is -0.466 e. The highest BCUT2D eigenvalue weighted by Gasteiger charge is 2.14. The number of benzene rings is 1. The van der Waals surface area contributed by atoms with Crippen molar-refractivity contribution in [3.8, 4) is 0 Å². The number of hydrazine groups is 1. The van der Waals surface area contributed by atoms with E-state index >= 15 is 0 Å². The first-order chi connectivity index (χ1) is 11.0. The number of hydrogen-bond donors (Lipinski definition) is 2. The summed E-state index contributed by atoms with van der Waals surface area (Å²) in [5, 5.41) is 0. The molecule has 0 radical (unpaired) electrons. The van der Waals surface area contributed by atoms with E-state index in [0.29, 0.717) is 22.6 Å². The highest BCUT2D eigenvalue weighted by atomic mass is 16.3. The van der Waals surface area contributed by atoms with Crippen molar-refractivity contribution in [2.24, 2.45) is 0 Å². The largest absolute Gasteiger partial charge is 0.466 e. The molecule has 2 amide bonds. The molecule has 0 spiro atoms. The van der Waals surface area contributed by atoms with Gasteiger partial charge in [-0.05, 0) is 50.5 Å². The second-order valence-corrected chi connectivity index (χ2v) is 5.54. The summed E-state index contributed by atoms with van der Waals surface area (Å²) in [6, 6.07) is 9.05. The number of carbonyl (C=O) groups excluding carboxylic acids is 2. The molecule has 0 aliphatic rings. The first kappa shape index (κ1) is 16.8. The van der Waals surface area contributed by atoms with Gasteiger partial charge >= 0.3 is 0 Å². The van der Waals surface area contributed by atoms with Crippen molar-refractivity contribution in [2.45, 2.75) is 40.0 Å². The lowest BCUT2D eigenvalue weighted by atomic mass is 10.1. The highest BCUT2D eigenvalue weighted by molar-refractivity contribution is 5.99. The zero-order valence-corrected chi connectivity index (χ0v) is 13.7. The van der Waals surface area contributed by atoms with Crippen LogP contribution in [0.25, 0.3) is 0 Å². The molecular weight excluding hydrogens is 292 g/mol. The van der Waals surface area contributed by atoms with Crippen LogP contribution in [0.15, 0.2) is 34.7 Å². The zero-order chi connectivity index (χ0) is 16.8. The second kappa shape index (κ2) is 7.63. The smallest absolute Gasteiger partial charge is 0.273 e. The van der Waals surface area contributed by atoms with Gasteiger partial charge in [0.25, 0.3) is 11.8 Å². The highest BCUT2D eigenvalue weighted by Crippen LogP contribution is 2.13. The van der Waals surface area contributed by atoms with Crippen molar-refractivity contribution in [2.75, 3.05) is 0 Å². The molecule has 1 aromatic carbocycles. The van der Waals surface area contributed by atoms with Crippen molar-refractivity contribution in [3.63, 3.8) is 0 Å². The Morgan fingerprint density at radius 1 is 1.04 bits per heavy atom. The van der Waals surface area contributed by atoms with E-state index in [2.05, 4.69) is 17.8 Å². The standard InChI is InChI=1S/C18H22N2O3/c1-4-5-6-14-7-9-15(10-8-14)17(21)19-20-18(22)16-11-12(2)23-13(16)3/h7-11H,4-6H2,1-3H3,(H,19,21)(H,20,22).